The van der Waals surface area contributed by atoms with E-state index in [-0.39, 0.29) is 30.1 Å². The van der Waals surface area contributed by atoms with Gasteiger partial charge >= 0.3 is 12.1 Å². The van der Waals surface area contributed by atoms with Crippen molar-refractivity contribution in [1.29, 1.82) is 5.26 Å². The van der Waals surface area contributed by atoms with Gasteiger partial charge in [-0.2, -0.15) is 18.4 Å². The number of carboxylic acids is 1. The molecule has 1 N–H and O–H groups in total. The molecule has 0 aliphatic carbocycles. The molecule has 6 nitrogen and oxygen atoms in total. The normalized spacial score (nSPS) is 18.1. The molecule has 2 heterocycles. The van der Waals surface area contributed by atoms with Crippen molar-refractivity contribution in [1.82, 2.24) is 4.98 Å². The summed E-state index contributed by atoms with van der Waals surface area (Å²) < 4.78 is 44.6. The fraction of sp³-hybridized carbons (Fsp3) is 0.269. The number of nitrogens with zero attached hydrogens (tertiary/aromatic N) is 3. The lowest BCUT2D eigenvalue weighted by atomic mass is 9.85. The quantitative estimate of drug-likeness (QED) is 0.519. The summed E-state index contributed by atoms with van der Waals surface area (Å²) in [6, 6.07) is 14.9. The molecule has 1 fully saturated rings. The number of methoxy groups -OCH3 is 1. The van der Waals surface area contributed by atoms with Gasteiger partial charge in [-0.3, -0.25) is 4.98 Å². The van der Waals surface area contributed by atoms with Gasteiger partial charge in [0.1, 0.15) is 17.9 Å². The zero-order valence-electron chi connectivity index (χ0n) is 18.8. The molecule has 9 heteroatoms. The van der Waals surface area contributed by atoms with E-state index in [1.165, 1.54) is 11.0 Å². The number of anilines is 1. The first-order chi connectivity index (χ1) is 16.7. The van der Waals surface area contributed by atoms with E-state index in [1.54, 1.807) is 19.4 Å². The van der Waals surface area contributed by atoms with Gasteiger partial charge in [-0.05, 0) is 60.7 Å². The van der Waals surface area contributed by atoms with Crippen molar-refractivity contribution in [3.63, 3.8) is 0 Å². The Kier molecular flexibility index (Phi) is 6.65. The summed E-state index contributed by atoms with van der Waals surface area (Å²) in [5.41, 5.74) is 1.49. The molecule has 0 bridgehead atoms. The molecule has 1 aromatic heterocycles. The van der Waals surface area contributed by atoms with Gasteiger partial charge in [-0.15, -0.1) is 0 Å². The Morgan fingerprint density at radius 3 is 2.60 bits per heavy atom. The van der Waals surface area contributed by atoms with Gasteiger partial charge in [0.25, 0.3) is 0 Å². The third-order valence-electron chi connectivity index (χ3n) is 6.28. The van der Waals surface area contributed by atoms with Gasteiger partial charge in [-0.1, -0.05) is 18.2 Å². The lowest BCUT2D eigenvalue weighted by molar-refractivity contribution is -0.139. The summed E-state index contributed by atoms with van der Waals surface area (Å²) in [7, 11) is 1.58. The lowest BCUT2D eigenvalue weighted by Crippen LogP contribution is -2.47. The summed E-state index contributed by atoms with van der Waals surface area (Å²) >= 11 is 0. The second-order valence-corrected chi connectivity index (χ2v) is 8.29. The first-order valence-corrected chi connectivity index (χ1v) is 10.9. The molecule has 2 unspecified atom stereocenters. The monoisotopic (exact) mass is 481 g/mol. The number of ether oxygens (including phenoxy) is 1. The van der Waals surface area contributed by atoms with E-state index >= 15 is 0 Å². The van der Waals surface area contributed by atoms with E-state index in [4.69, 9.17) is 4.74 Å². The summed E-state index contributed by atoms with van der Waals surface area (Å²) in [6.45, 7) is 0.274. The maximum atomic E-state index is 13.1. The SMILES string of the molecule is COc1ccccc1-c1ccc(C2CCN(c3ccc(C(F)(F)F)cc3C#N)C(C(=O)O)C2)cn1. The van der Waals surface area contributed by atoms with Crippen molar-refractivity contribution in [2.75, 3.05) is 18.6 Å². The zero-order valence-corrected chi connectivity index (χ0v) is 18.8. The summed E-state index contributed by atoms with van der Waals surface area (Å²) in [5.74, 6) is -0.513. The highest BCUT2D eigenvalue weighted by Crippen LogP contribution is 2.38. The molecule has 0 saturated carbocycles. The van der Waals surface area contributed by atoms with Crippen LogP contribution in [0.5, 0.6) is 5.75 Å². The second kappa shape index (κ2) is 9.66. The van der Waals surface area contributed by atoms with Crippen LogP contribution in [0, 0.1) is 11.3 Å². The van der Waals surface area contributed by atoms with Gasteiger partial charge in [0, 0.05) is 18.3 Å². The van der Waals surface area contributed by atoms with Crippen LogP contribution in [0.1, 0.15) is 35.4 Å². The van der Waals surface area contributed by atoms with Gasteiger partial charge in [0.05, 0.1) is 29.6 Å². The van der Waals surface area contributed by atoms with E-state index in [2.05, 4.69) is 4.98 Å². The Morgan fingerprint density at radius 2 is 1.97 bits per heavy atom. The van der Waals surface area contributed by atoms with E-state index in [0.29, 0.717) is 12.2 Å². The fourth-order valence-electron chi connectivity index (χ4n) is 4.51. The fourth-order valence-corrected chi connectivity index (χ4v) is 4.51. The topological polar surface area (TPSA) is 86.5 Å². The van der Waals surface area contributed by atoms with Crippen LogP contribution in [0.25, 0.3) is 11.3 Å². The molecule has 0 spiro atoms. The molecule has 3 aromatic rings. The number of hydrogen-bond acceptors (Lipinski definition) is 5. The molecular weight excluding hydrogens is 459 g/mol. The molecule has 1 aliphatic heterocycles. The predicted molar refractivity (Wildman–Crippen MR) is 123 cm³/mol. The third-order valence-corrected chi connectivity index (χ3v) is 6.28. The molecule has 1 saturated heterocycles. The molecule has 2 atom stereocenters. The average molecular weight is 481 g/mol. The summed E-state index contributed by atoms with van der Waals surface area (Å²) in [4.78, 5) is 18.2. The largest absolute Gasteiger partial charge is 0.496 e. The standard InChI is InChI=1S/C26H22F3N3O3/c1-35-24-5-3-2-4-20(24)21-8-6-17(15-31-21)16-10-11-32(23(13-16)25(33)34)22-9-7-19(26(27,28)29)12-18(22)14-30/h2-9,12,15-16,23H,10-11,13H2,1H3,(H,33,34). The second-order valence-electron chi connectivity index (χ2n) is 8.29. The van der Waals surface area contributed by atoms with Crippen LogP contribution in [0.3, 0.4) is 0 Å². The van der Waals surface area contributed by atoms with Crippen LogP contribution in [-0.2, 0) is 11.0 Å². The highest BCUT2D eigenvalue weighted by molar-refractivity contribution is 5.80. The Labute approximate surface area is 200 Å². The van der Waals surface area contributed by atoms with E-state index < -0.39 is 23.8 Å². The van der Waals surface area contributed by atoms with Crippen LogP contribution in [0.4, 0.5) is 18.9 Å². The number of alkyl halides is 3. The highest BCUT2D eigenvalue weighted by atomic mass is 19.4. The highest BCUT2D eigenvalue weighted by Gasteiger charge is 2.37. The number of carboxylic acid groups (broad SMARTS) is 1. The van der Waals surface area contributed by atoms with Crippen LogP contribution >= 0.6 is 0 Å². The smallest absolute Gasteiger partial charge is 0.416 e. The van der Waals surface area contributed by atoms with Crippen LogP contribution < -0.4 is 9.64 Å². The molecule has 2 aromatic carbocycles. The number of piperidine rings is 1. The predicted octanol–water partition coefficient (Wildman–Crippen LogP) is 5.48. The first kappa shape index (κ1) is 24.1. The Morgan fingerprint density at radius 1 is 1.20 bits per heavy atom. The minimum atomic E-state index is -4.59. The van der Waals surface area contributed by atoms with E-state index in [9.17, 15) is 28.3 Å². The van der Waals surface area contributed by atoms with Crippen LogP contribution in [0.2, 0.25) is 0 Å². The maximum Gasteiger partial charge on any atom is 0.416 e. The molecule has 180 valence electrons. The lowest BCUT2D eigenvalue weighted by Gasteiger charge is -2.39. The molecular formula is C26H22F3N3O3. The van der Waals surface area contributed by atoms with Gasteiger partial charge in [0.2, 0.25) is 0 Å². The number of pyridine rings is 1. The number of aromatic nitrogens is 1. The minimum absolute atomic E-state index is 0.105. The number of carbonyl (C=O) groups is 1. The molecule has 35 heavy (non-hydrogen) atoms. The Bertz CT molecular complexity index is 1270. The van der Waals surface area contributed by atoms with Gasteiger partial charge in [0.15, 0.2) is 0 Å². The summed E-state index contributed by atoms with van der Waals surface area (Å²) in [6.07, 6.45) is -2.08. The average Bonchev–Trinajstić information content (AvgIpc) is 2.87. The molecule has 4 rings (SSSR count). The van der Waals surface area contributed by atoms with Crippen molar-refractivity contribution in [2.24, 2.45) is 0 Å². The first-order valence-electron chi connectivity index (χ1n) is 10.9. The molecule has 0 radical (unpaired) electrons. The number of benzene rings is 2. The van der Waals surface area contributed by atoms with Gasteiger partial charge in [-0.25, -0.2) is 4.79 Å². The van der Waals surface area contributed by atoms with Crippen molar-refractivity contribution in [3.8, 4) is 23.1 Å². The van der Waals surface area contributed by atoms with Crippen LogP contribution in [0.15, 0.2) is 60.8 Å². The van der Waals surface area contributed by atoms with Gasteiger partial charge < -0.3 is 14.7 Å². The molecule has 0 amide bonds. The number of hydrogen-bond donors (Lipinski definition) is 1. The van der Waals surface area contributed by atoms with E-state index in [1.807, 2.05) is 36.4 Å². The Hall–Kier alpha value is -4.06. The maximum absolute atomic E-state index is 13.1. The zero-order chi connectivity index (χ0) is 25.2. The van der Waals surface area contributed by atoms with E-state index in [0.717, 1.165) is 29.0 Å². The number of aliphatic carboxylic acids is 1. The van der Waals surface area contributed by atoms with Crippen molar-refractivity contribution >= 4 is 11.7 Å². The number of para-hydroxylation sites is 1. The molecule has 1 aliphatic rings. The number of rotatable bonds is 5. The summed E-state index contributed by atoms with van der Waals surface area (Å²) in [5, 5.41) is 19.3. The minimum Gasteiger partial charge on any atom is -0.496 e. The van der Waals surface area contributed by atoms with Crippen molar-refractivity contribution in [3.05, 3.63) is 77.5 Å². The van der Waals surface area contributed by atoms with Crippen molar-refractivity contribution < 1.29 is 27.8 Å². The number of halogens is 3. The Balaban J connectivity index is 1.58. The third kappa shape index (κ3) is 4.92. The van der Waals surface area contributed by atoms with Crippen LogP contribution in [-0.4, -0.2) is 35.8 Å². The van der Waals surface area contributed by atoms with Crippen molar-refractivity contribution in [2.45, 2.75) is 31.0 Å². The number of nitriles is 1.